The highest BCUT2D eigenvalue weighted by atomic mass is 32.1. The summed E-state index contributed by atoms with van der Waals surface area (Å²) in [5.41, 5.74) is 0.983. The number of hydrogen-bond acceptors (Lipinski definition) is 5. The molecule has 0 aromatic carbocycles. The van der Waals surface area contributed by atoms with Gasteiger partial charge in [-0.25, -0.2) is 4.98 Å². The Balaban J connectivity index is 1.58. The molecule has 2 aromatic rings. The summed E-state index contributed by atoms with van der Waals surface area (Å²) in [7, 11) is 0. The Labute approximate surface area is 143 Å². The summed E-state index contributed by atoms with van der Waals surface area (Å²) in [6.07, 6.45) is 2.49. The highest BCUT2D eigenvalue weighted by molar-refractivity contribution is 7.16. The van der Waals surface area contributed by atoms with E-state index in [1.165, 1.54) is 6.92 Å². The molecule has 0 unspecified atom stereocenters. The lowest BCUT2D eigenvalue weighted by molar-refractivity contribution is -0.127. The number of hydrogen-bond donors (Lipinski definition) is 1. The molecule has 5 nitrogen and oxygen atoms in total. The van der Waals surface area contributed by atoms with Gasteiger partial charge in [-0.2, -0.15) is 0 Å². The average molecular weight is 349 g/mol. The Morgan fingerprint density at radius 1 is 1.43 bits per heavy atom. The Morgan fingerprint density at radius 2 is 2.30 bits per heavy atom. The number of nitrogens with one attached hydrogen (secondary N) is 1. The molecule has 1 N–H and O–H groups in total. The van der Waals surface area contributed by atoms with E-state index in [0.29, 0.717) is 13.0 Å². The molecule has 1 fully saturated rings. The number of nitrogens with zero attached hydrogens (tertiary/aromatic N) is 2. The fourth-order valence-corrected chi connectivity index (χ4v) is 4.30. The fraction of sp³-hybridized carbons (Fsp3) is 0.438. The second-order valence-corrected chi connectivity index (χ2v) is 7.65. The molecule has 2 amide bonds. The van der Waals surface area contributed by atoms with E-state index < -0.39 is 0 Å². The molecular weight excluding hydrogens is 330 g/mol. The lowest BCUT2D eigenvalue weighted by Gasteiger charge is -2.13. The summed E-state index contributed by atoms with van der Waals surface area (Å²) in [6, 6.07) is 4.07. The van der Waals surface area contributed by atoms with Crippen molar-refractivity contribution in [2.45, 2.75) is 32.7 Å². The minimum Gasteiger partial charge on any atom is -0.351 e. The highest BCUT2D eigenvalue weighted by Gasteiger charge is 2.20. The summed E-state index contributed by atoms with van der Waals surface area (Å²) in [6.45, 7) is 3.74. The number of carbonyl (C=O) groups is 2. The molecule has 3 heterocycles. The first-order valence-corrected chi connectivity index (χ1v) is 9.37. The van der Waals surface area contributed by atoms with Crippen LogP contribution in [-0.2, 0) is 22.6 Å². The summed E-state index contributed by atoms with van der Waals surface area (Å²) in [4.78, 5) is 31.4. The molecule has 1 aliphatic rings. The number of carbonyl (C=O) groups excluding carboxylic acids is 2. The van der Waals surface area contributed by atoms with Crippen molar-refractivity contribution in [2.75, 3.05) is 13.1 Å². The minimum atomic E-state index is -0.0210. The largest absolute Gasteiger partial charge is 0.351 e. The van der Waals surface area contributed by atoms with Crippen LogP contribution in [0.4, 0.5) is 0 Å². The second kappa shape index (κ2) is 7.23. The van der Waals surface area contributed by atoms with Gasteiger partial charge in [0.1, 0.15) is 0 Å². The van der Waals surface area contributed by atoms with Crippen LogP contribution in [0.15, 0.2) is 17.5 Å². The first-order chi connectivity index (χ1) is 11.1. The van der Waals surface area contributed by atoms with E-state index in [0.717, 1.165) is 46.4 Å². The Kier molecular flexibility index (Phi) is 5.07. The number of amides is 2. The molecular formula is C16H19N3O2S2. The van der Waals surface area contributed by atoms with E-state index in [1.807, 2.05) is 17.0 Å². The smallest absolute Gasteiger partial charge is 0.222 e. The maximum absolute atomic E-state index is 11.6. The van der Waals surface area contributed by atoms with Crippen LogP contribution in [0.3, 0.4) is 0 Å². The molecule has 23 heavy (non-hydrogen) atoms. The molecule has 0 atom stereocenters. The molecule has 3 rings (SSSR count). The van der Waals surface area contributed by atoms with Crippen molar-refractivity contribution in [2.24, 2.45) is 0 Å². The van der Waals surface area contributed by atoms with Crippen molar-refractivity contribution in [1.29, 1.82) is 0 Å². The van der Waals surface area contributed by atoms with Crippen molar-refractivity contribution < 1.29 is 9.59 Å². The van der Waals surface area contributed by atoms with Gasteiger partial charge in [-0.05, 0) is 18.6 Å². The molecule has 7 heteroatoms. The molecule has 0 aliphatic carbocycles. The van der Waals surface area contributed by atoms with E-state index in [-0.39, 0.29) is 11.8 Å². The molecule has 0 saturated carbocycles. The SMILES string of the molecule is CC(=O)NCc1ccc(-c2csc(CCN3CCCC3=O)n2)s1. The average Bonchev–Trinajstić information content (AvgIpc) is 3.23. The standard InChI is InChI=1S/C16H19N3O2S2/c1-11(20)17-9-12-4-5-14(23-12)13-10-22-15(18-13)6-8-19-7-2-3-16(19)21/h4-5,10H,2-3,6-9H2,1H3,(H,17,20). The molecule has 122 valence electrons. The van der Waals surface area contributed by atoms with Crippen LogP contribution in [0.5, 0.6) is 0 Å². The summed E-state index contributed by atoms with van der Waals surface area (Å²) >= 11 is 3.29. The van der Waals surface area contributed by atoms with Crippen molar-refractivity contribution in [1.82, 2.24) is 15.2 Å². The van der Waals surface area contributed by atoms with Crippen molar-refractivity contribution in [3.63, 3.8) is 0 Å². The van der Waals surface area contributed by atoms with E-state index >= 15 is 0 Å². The number of thiophene rings is 1. The molecule has 0 spiro atoms. The molecule has 2 aromatic heterocycles. The van der Waals surface area contributed by atoms with Gasteiger partial charge in [-0.1, -0.05) is 0 Å². The van der Waals surface area contributed by atoms with Crippen LogP contribution in [0.1, 0.15) is 29.7 Å². The molecule has 0 radical (unpaired) electrons. The van der Waals surface area contributed by atoms with Crippen LogP contribution >= 0.6 is 22.7 Å². The molecule has 1 aliphatic heterocycles. The topological polar surface area (TPSA) is 62.3 Å². The molecule has 0 bridgehead atoms. The van der Waals surface area contributed by atoms with Gasteiger partial charge in [0.15, 0.2) is 0 Å². The van der Waals surface area contributed by atoms with Gasteiger partial charge < -0.3 is 10.2 Å². The number of thiazole rings is 1. The van der Waals surface area contributed by atoms with Crippen molar-refractivity contribution >= 4 is 34.5 Å². The Morgan fingerprint density at radius 3 is 3.04 bits per heavy atom. The van der Waals surface area contributed by atoms with E-state index in [1.54, 1.807) is 22.7 Å². The van der Waals surface area contributed by atoms with Gasteiger partial charge in [-0.3, -0.25) is 9.59 Å². The van der Waals surface area contributed by atoms with Crippen molar-refractivity contribution in [3.05, 3.63) is 27.4 Å². The first kappa shape index (κ1) is 16.1. The number of rotatable bonds is 6. The normalized spacial score (nSPS) is 14.5. The van der Waals surface area contributed by atoms with Gasteiger partial charge in [0.2, 0.25) is 11.8 Å². The summed E-state index contributed by atoms with van der Waals surface area (Å²) < 4.78 is 0. The number of likely N-dealkylation sites (tertiary alicyclic amines) is 1. The van der Waals surface area contributed by atoms with Gasteiger partial charge in [0.25, 0.3) is 0 Å². The van der Waals surface area contributed by atoms with E-state index in [9.17, 15) is 9.59 Å². The lowest BCUT2D eigenvalue weighted by atomic mass is 10.3. The monoisotopic (exact) mass is 349 g/mol. The number of aromatic nitrogens is 1. The van der Waals surface area contributed by atoms with Gasteiger partial charge in [-0.15, -0.1) is 22.7 Å². The third kappa shape index (κ3) is 4.17. The molecule has 1 saturated heterocycles. The third-order valence-corrected chi connectivity index (χ3v) is 5.76. The van der Waals surface area contributed by atoms with Gasteiger partial charge >= 0.3 is 0 Å². The Bertz CT molecular complexity index is 708. The van der Waals surface area contributed by atoms with Crippen LogP contribution in [-0.4, -0.2) is 34.8 Å². The van der Waals surface area contributed by atoms with Crippen LogP contribution in [0, 0.1) is 0 Å². The minimum absolute atomic E-state index is 0.0210. The Hall–Kier alpha value is -1.73. The predicted molar refractivity (Wildman–Crippen MR) is 92.5 cm³/mol. The van der Waals surface area contributed by atoms with Crippen molar-refractivity contribution in [3.8, 4) is 10.6 Å². The quantitative estimate of drug-likeness (QED) is 0.872. The van der Waals surface area contributed by atoms with Crippen LogP contribution in [0.25, 0.3) is 10.6 Å². The zero-order chi connectivity index (χ0) is 16.2. The summed E-state index contributed by atoms with van der Waals surface area (Å²) in [5, 5.41) is 5.93. The first-order valence-electron chi connectivity index (χ1n) is 7.67. The predicted octanol–water partition coefficient (Wildman–Crippen LogP) is 2.67. The van der Waals surface area contributed by atoms with Crippen LogP contribution < -0.4 is 5.32 Å². The maximum atomic E-state index is 11.6. The third-order valence-electron chi connectivity index (χ3n) is 3.74. The van der Waals surface area contributed by atoms with E-state index in [2.05, 4.69) is 15.7 Å². The maximum Gasteiger partial charge on any atom is 0.222 e. The second-order valence-electron chi connectivity index (χ2n) is 5.54. The van der Waals surface area contributed by atoms with E-state index in [4.69, 9.17) is 0 Å². The highest BCUT2D eigenvalue weighted by Crippen LogP contribution is 2.29. The zero-order valence-electron chi connectivity index (χ0n) is 13.0. The fourth-order valence-electron chi connectivity index (χ4n) is 2.53. The van der Waals surface area contributed by atoms with Gasteiger partial charge in [0.05, 0.1) is 22.1 Å². The lowest BCUT2D eigenvalue weighted by Crippen LogP contribution is -2.26. The zero-order valence-corrected chi connectivity index (χ0v) is 14.6. The summed E-state index contributed by atoms with van der Waals surface area (Å²) in [5.74, 6) is 0.245. The van der Waals surface area contributed by atoms with Crippen LogP contribution in [0.2, 0.25) is 0 Å². The van der Waals surface area contributed by atoms with Gasteiger partial charge in [0, 0.05) is 43.1 Å².